The molecule has 1 fully saturated rings. The van der Waals surface area contributed by atoms with E-state index in [2.05, 4.69) is 10.6 Å². The molecular weight excluding hydrogens is 409 g/mol. The van der Waals surface area contributed by atoms with Crippen LogP contribution in [0.15, 0.2) is 18.2 Å². The van der Waals surface area contributed by atoms with Crippen molar-refractivity contribution >= 4 is 29.1 Å². The van der Waals surface area contributed by atoms with Crippen molar-refractivity contribution in [2.75, 3.05) is 38.0 Å². The first-order valence-corrected chi connectivity index (χ1v) is 9.78. The molecule has 29 heavy (non-hydrogen) atoms. The third-order valence-corrected chi connectivity index (χ3v) is 4.93. The van der Waals surface area contributed by atoms with E-state index in [-0.39, 0.29) is 29.2 Å². The first-order valence-electron chi connectivity index (χ1n) is 9.40. The van der Waals surface area contributed by atoms with Gasteiger partial charge in [0.05, 0.1) is 23.8 Å². The SMILES string of the molecule is CC(C)NC(=O)CN1CCN(C(C)C(=O)Nc2ccc(Cl)cc2C(F)(F)F)CC1. The van der Waals surface area contributed by atoms with Crippen molar-refractivity contribution in [2.24, 2.45) is 0 Å². The summed E-state index contributed by atoms with van der Waals surface area (Å²) in [6.07, 6.45) is -4.63. The van der Waals surface area contributed by atoms with Gasteiger partial charge in [0, 0.05) is 37.2 Å². The number of hydrogen-bond acceptors (Lipinski definition) is 4. The fourth-order valence-electron chi connectivity index (χ4n) is 3.14. The summed E-state index contributed by atoms with van der Waals surface area (Å²) in [5, 5.41) is 5.15. The van der Waals surface area contributed by atoms with Crippen LogP contribution in [-0.2, 0) is 15.8 Å². The van der Waals surface area contributed by atoms with Gasteiger partial charge in [-0.05, 0) is 39.0 Å². The number of anilines is 1. The van der Waals surface area contributed by atoms with Gasteiger partial charge in [-0.2, -0.15) is 13.2 Å². The smallest absolute Gasteiger partial charge is 0.353 e. The maximum Gasteiger partial charge on any atom is 0.418 e. The third-order valence-electron chi connectivity index (χ3n) is 4.70. The van der Waals surface area contributed by atoms with Crippen LogP contribution in [0.25, 0.3) is 0 Å². The van der Waals surface area contributed by atoms with Gasteiger partial charge in [0.2, 0.25) is 11.8 Å². The third kappa shape index (κ3) is 6.87. The van der Waals surface area contributed by atoms with Crippen LogP contribution in [-0.4, -0.2) is 66.4 Å². The van der Waals surface area contributed by atoms with Gasteiger partial charge in [0.15, 0.2) is 0 Å². The number of alkyl halides is 3. The molecule has 1 saturated heterocycles. The van der Waals surface area contributed by atoms with Gasteiger partial charge in [0.25, 0.3) is 0 Å². The van der Waals surface area contributed by atoms with Gasteiger partial charge in [-0.1, -0.05) is 11.6 Å². The Morgan fingerprint density at radius 3 is 2.31 bits per heavy atom. The van der Waals surface area contributed by atoms with Gasteiger partial charge in [-0.15, -0.1) is 0 Å². The number of rotatable bonds is 6. The number of amides is 2. The molecule has 2 amide bonds. The topological polar surface area (TPSA) is 64.7 Å². The van der Waals surface area contributed by atoms with Crippen molar-refractivity contribution < 1.29 is 22.8 Å². The average Bonchev–Trinajstić information content (AvgIpc) is 2.61. The number of piperazine rings is 1. The summed E-state index contributed by atoms with van der Waals surface area (Å²) in [6.45, 7) is 7.98. The number of nitrogens with zero attached hydrogens (tertiary/aromatic N) is 2. The monoisotopic (exact) mass is 434 g/mol. The first-order chi connectivity index (χ1) is 13.5. The van der Waals surface area contributed by atoms with E-state index in [1.54, 1.807) is 6.92 Å². The van der Waals surface area contributed by atoms with Crippen LogP contribution in [0.1, 0.15) is 26.3 Å². The summed E-state index contributed by atoms with van der Waals surface area (Å²) in [7, 11) is 0. The van der Waals surface area contributed by atoms with Crippen molar-refractivity contribution in [3.05, 3.63) is 28.8 Å². The molecule has 1 aromatic rings. The van der Waals surface area contributed by atoms with E-state index in [0.717, 1.165) is 12.1 Å². The van der Waals surface area contributed by atoms with Crippen LogP contribution in [0.3, 0.4) is 0 Å². The Kier molecular flexibility index (Phi) is 7.90. The standard InChI is InChI=1S/C19H26ClF3N4O2/c1-12(2)24-17(28)11-26-6-8-27(9-7-26)13(3)18(29)25-16-5-4-14(20)10-15(16)19(21,22)23/h4-5,10,12-13H,6-9,11H2,1-3H3,(H,24,28)(H,25,29). The number of benzene rings is 1. The van der Waals surface area contributed by atoms with Crippen LogP contribution in [0.5, 0.6) is 0 Å². The van der Waals surface area contributed by atoms with Crippen molar-refractivity contribution in [3.8, 4) is 0 Å². The summed E-state index contributed by atoms with van der Waals surface area (Å²) in [6, 6.07) is 2.71. The Hall–Kier alpha value is -1.84. The zero-order chi connectivity index (χ0) is 21.8. The summed E-state index contributed by atoms with van der Waals surface area (Å²) in [5.41, 5.74) is -1.30. The Labute approximate surface area is 173 Å². The molecule has 162 valence electrons. The van der Waals surface area contributed by atoms with Gasteiger partial charge < -0.3 is 10.6 Å². The molecule has 0 aromatic heterocycles. The molecule has 1 atom stereocenters. The molecule has 1 aliphatic rings. The molecule has 1 heterocycles. The zero-order valence-corrected chi connectivity index (χ0v) is 17.4. The molecule has 0 bridgehead atoms. The quantitative estimate of drug-likeness (QED) is 0.722. The van der Waals surface area contributed by atoms with Gasteiger partial charge in [-0.25, -0.2) is 0 Å². The van der Waals surface area contributed by atoms with Gasteiger partial charge in [0.1, 0.15) is 0 Å². The highest BCUT2D eigenvalue weighted by atomic mass is 35.5. The summed E-state index contributed by atoms with van der Waals surface area (Å²) >= 11 is 5.67. The van der Waals surface area contributed by atoms with Crippen LogP contribution >= 0.6 is 11.6 Å². The van der Waals surface area contributed by atoms with E-state index < -0.39 is 23.7 Å². The minimum Gasteiger partial charge on any atom is -0.353 e. The number of carbonyl (C=O) groups is 2. The first kappa shape index (κ1) is 23.4. The van der Waals surface area contributed by atoms with E-state index in [4.69, 9.17) is 11.6 Å². The highest BCUT2D eigenvalue weighted by Gasteiger charge is 2.35. The van der Waals surface area contributed by atoms with Gasteiger partial charge in [-0.3, -0.25) is 19.4 Å². The fourth-order valence-corrected chi connectivity index (χ4v) is 3.31. The van der Waals surface area contributed by atoms with Crippen molar-refractivity contribution in [1.29, 1.82) is 0 Å². The molecule has 1 aromatic carbocycles. The van der Waals surface area contributed by atoms with Crippen LogP contribution in [0, 0.1) is 0 Å². The molecule has 1 aliphatic heterocycles. The predicted octanol–water partition coefficient (Wildman–Crippen LogP) is 2.83. The van der Waals surface area contributed by atoms with Crippen molar-refractivity contribution in [3.63, 3.8) is 0 Å². The highest BCUT2D eigenvalue weighted by Crippen LogP contribution is 2.36. The lowest BCUT2D eigenvalue weighted by molar-refractivity contribution is -0.137. The Bertz CT molecular complexity index is 735. The minimum absolute atomic E-state index is 0.0540. The Balaban J connectivity index is 1.93. The van der Waals surface area contributed by atoms with E-state index >= 15 is 0 Å². The van der Waals surface area contributed by atoms with Crippen LogP contribution in [0.2, 0.25) is 5.02 Å². The average molecular weight is 435 g/mol. The molecule has 6 nitrogen and oxygen atoms in total. The van der Waals surface area contributed by atoms with Crippen LogP contribution in [0.4, 0.5) is 18.9 Å². The second-order valence-electron chi connectivity index (χ2n) is 7.39. The lowest BCUT2D eigenvalue weighted by Crippen LogP contribution is -2.54. The Morgan fingerprint density at radius 2 is 1.76 bits per heavy atom. The summed E-state index contributed by atoms with van der Waals surface area (Å²) in [5.74, 6) is -0.578. The Morgan fingerprint density at radius 1 is 1.14 bits per heavy atom. The second kappa shape index (κ2) is 9.77. The lowest BCUT2D eigenvalue weighted by atomic mass is 10.1. The number of carbonyl (C=O) groups excluding carboxylic acids is 2. The number of hydrogen-bond donors (Lipinski definition) is 2. The van der Waals surface area contributed by atoms with E-state index in [9.17, 15) is 22.8 Å². The molecule has 2 N–H and O–H groups in total. The molecule has 2 rings (SSSR count). The normalized spacial score (nSPS) is 17.2. The molecule has 0 radical (unpaired) electrons. The van der Waals surface area contributed by atoms with E-state index in [1.165, 1.54) is 6.07 Å². The van der Waals surface area contributed by atoms with E-state index in [0.29, 0.717) is 26.2 Å². The van der Waals surface area contributed by atoms with Crippen molar-refractivity contribution in [1.82, 2.24) is 15.1 Å². The predicted molar refractivity (Wildman–Crippen MR) is 106 cm³/mol. The maximum absolute atomic E-state index is 13.2. The van der Waals surface area contributed by atoms with Crippen LogP contribution < -0.4 is 10.6 Å². The number of nitrogens with one attached hydrogen (secondary N) is 2. The maximum atomic E-state index is 13.2. The number of halogens is 4. The molecule has 1 unspecified atom stereocenters. The lowest BCUT2D eigenvalue weighted by Gasteiger charge is -2.37. The largest absolute Gasteiger partial charge is 0.418 e. The molecule has 0 saturated carbocycles. The molecular formula is C19H26ClF3N4O2. The second-order valence-corrected chi connectivity index (χ2v) is 7.82. The minimum atomic E-state index is -4.63. The molecule has 0 spiro atoms. The highest BCUT2D eigenvalue weighted by molar-refractivity contribution is 6.30. The van der Waals surface area contributed by atoms with E-state index in [1.807, 2.05) is 23.6 Å². The summed E-state index contributed by atoms with van der Waals surface area (Å²) < 4.78 is 39.6. The zero-order valence-electron chi connectivity index (χ0n) is 16.6. The van der Waals surface area contributed by atoms with Gasteiger partial charge >= 0.3 is 6.18 Å². The fraction of sp³-hybridized carbons (Fsp3) is 0.579. The molecule has 0 aliphatic carbocycles. The van der Waals surface area contributed by atoms with Crippen molar-refractivity contribution in [2.45, 2.75) is 39.0 Å². The summed E-state index contributed by atoms with van der Waals surface area (Å²) in [4.78, 5) is 28.2. The molecule has 10 heteroatoms.